The number of rotatable bonds is 0. The summed E-state index contributed by atoms with van der Waals surface area (Å²) < 4.78 is 5.76. The van der Waals surface area contributed by atoms with Crippen molar-refractivity contribution in [3.05, 3.63) is 11.6 Å². The second-order valence-corrected chi connectivity index (χ2v) is 8.48. The molecule has 4 nitrogen and oxygen atoms in total. The summed E-state index contributed by atoms with van der Waals surface area (Å²) in [5.41, 5.74) is 0.531. The molecule has 1 N–H and O–H groups in total. The normalized spacial score (nSPS) is 49.4. The van der Waals surface area contributed by atoms with Crippen LogP contribution in [0.4, 0.5) is 0 Å². The van der Waals surface area contributed by atoms with Crippen molar-refractivity contribution in [2.24, 2.45) is 23.2 Å². The van der Waals surface area contributed by atoms with Gasteiger partial charge in [-0.3, -0.25) is 9.59 Å². The molecule has 6 atom stereocenters. The van der Waals surface area contributed by atoms with Crippen LogP contribution in [-0.4, -0.2) is 28.6 Å². The molecule has 0 unspecified atom stereocenters. The first kappa shape index (κ1) is 15.4. The third-order valence-corrected chi connectivity index (χ3v) is 7.32. The van der Waals surface area contributed by atoms with Crippen LogP contribution < -0.4 is 0 Å². The molecule has 23 heavy (non-hydrogen) atoms. The van der Waals surface area contributed by atoms with Gasteiger partial charge in [-0.25, -0.2) is 0 Å². The van der Waals surface area contributed by atoms with Crippen LogP contribution in [0, 0.1) is 23.2 Å². The second kappa shape index (κ2) is 4.92. The highest BCUT2D eigenvalue weighted by atomic mass is 16.6. The highest BCUT2D eigenvalue weighted by Crippen LogP contribution is 2.61. The van der Waals surface area contributed by atoms with Gasteiger partial charge >= 0.3 is 5.97 Å². The van der Waals surface area contributed by atoms with E-state index in [9.17, 15) is 14.7 Å². The predicted octanol–water partition coefficient (Wildman–Crippen LogP) is 2.78. The average Bonchev–Trinajstić information content (AvgIpc) is 2.48. The molecule has 4 rings (SSSR count). The van der Waals surface area contributed by atoms with Crippen molar-refractivity contribution in [2.45, 2.75) is 70.5 Å². The van der Waals surface area contributed by atoms with Gasteiger partial charge in [-0.05, 0) is 67.9 Å². The van der Waals surface area contributed by atoms with Crippen LogP contribution in [-0.2, 0) is 14.3 Å². The summed E-state index contributed by atoms with van der Waals surface area (Å²) in [6.07, 6.45) is 6.62. The van der Waals surface area contributed by atoms with Crippen LogP contribution in [0.25, 0.3) is 0 Å². The molecular formula is C19H26O4. The van der Waals surface area contributed by atoms with E-state index in [4.69, 9.17) is 4.74 Å². The van der Waals surface area contributed by atoms with E-state index in [0.29, 0.717) is 37.0 Å². The number of carbonyl (C=O) groups excluding carboxylic acids is 2. The average molecular weight is 318 g/mol. The van der Waals surface area contributed by atoms with Gasteiger partial charge in [-0.2, -0.15) is 0 Å². The highest BCUT2D eigenvalue weighted by Gasteiger charge is 2.59. The maximum Gasteiger partial charge on any atom is 0.306 e. The Morgan fingerprint density at radius 2 is 1.91 bits per heavy atom. The van der Waals surface area contributed by atoms with E-state index in [0.717, 1.165) is 31.3 Å². The van der Waals surface area contributed by atoms with Crippen LogP contribution in [0.5, 0.6) is 0 Å². The van der Waals surface area contributed by atoms with E-state index in [1.807, 2.05) is 0 Å². The predicted molar refractivity (Wildman–Crippen MR) is 84.5 cm³/mol. The minimum Gasteiger partial charge on any atom is -0.459 e. The van der Waals surface area contributed by atoms with Crippen molar-refractivity contribution < 1.29 is 19.4 Å². The number of hydrogen-bond acceptors (Lipinski definition) is 4. The fourth-order valence-corrected chi connectivity index (χ4v) is 6.12. The van der Waals surface area contributed by atoms with E-state index in [1.54, 1.807) is 6.08 Å². The molecule has 4 heteroatoms. The topological polar surface area (TPSA) is 63.6 Å². The molecule has 0 aromatic carbocycles. The van der Waals surface area contributed by atoms with Crippen LogP contribution in [0.15, 0.2) is 11.6 Å². The van der Waals surface area contributed by atoms with E-state index in [2.05, 4.69) is 13.8 Å². The molecule has 0 amide bonds. The third-order valence-electron chi connectivity index (χ3n) is 7.32. The first-order valence-corrected chi connectivity index (χ1v) is 8.98. The molecule has 126 valence electrons. The molecule has 1 saturated heterocycles. The zero-order valence-electron chi connectivity index (χ0n) is 14.0. The number of hydrogen-bond donors (Lipinski definition) is 1. The molecule has 0 bridgehead atoms. The van der Waals surface area contributed by atoms with Crippen LogP contribution >= 0.6 is 0 Å². The second-order valence-electron chi connectivity index (χ2n) is 8.48. The van der Waals surface area contributed by atoms with Gasteiger partial charge in [0.15, 0.2) is 5.78 Å². The van der Waals surface area contributed by atoms with Crippen molar-refractivity contribution in [2.75, 3.05) is 0 Å². The van der Waals surface area contributed by atoms with E-state index < -0.39 is 6.10 Å². The number of aliphatic hydroxyl groups excluding tert-OH is 1. The van der Waals surface area contributed by atoms with Gasteiger partial charge in [0, 0.05) is 18.8 Å². The van der Waals surface area contributed by atoms with Gasteiger partial charge < -0.3 is 9.84 Å². The number of aliphatic hydroxyl groups is 1. The van der Waals surface area contributed by atoms with E-state index >= 15 is 0 Å². The summed E-state index contributed by atoms with van der Waals surface area (Å²) in [6.45, 7) is 4.32. The fourth-order valence-electron chi connectivity index (χ4n) is 6.12. The Bertz CT molecular complexity index is 594. The third kappa shape index (κ3) is 2.14. The van der Waals surface area contributed by atoms with Crippen LogP contribution in [0.1, 0.15) is 58.8 Å². The SMILES string of the molecule is C[C@@]12CC[C@H]3[C@@H](C[C@H](O)C4=CC(=O)CC[C@]43C)[C@H]1CCC(=O)O2. The lowest BCUT2D eigenvalue weighted by atomic mass is 9.47. The lowest BCUT2D eigenvalue weighted by Gasteiger charge is -2.60. The van der Waals surface area contributed by atoms with E-state index in [-0.39, 0.29) is 22.8 Å². The number of ketones is 1. The van der Waals surface area contributed by atoms with Crippen molar-refractivity contribution in [1.82, 2.24) is 0 Å². The Balaban J connectivity index is 1.71. The van der Waals surface area contributed by atoms with E-state index in [1.165, 1.54) is 0 Å². The molecule has 1 heterocycles. The van der Waals surface area contributed by atoms with Crippen molar-refractivity contribution in [1.29, 1.82) is 0 Å². The molecule has 0 spiro atoms. The standard InChI is InChI=1S/C19H26O4/c1-18-7-5-11(20)9-15(18)16(21)10-12-13(18)6-8-19(2)14(12)3-4-17(22)23-19/h9,12-14,16,21H,3-8,10H2,1-2H3/t12-,13+,14-,16+,18+,19-/m1/s1. The minimum atomic E-state index is -0.523. The quantitative estimate of drug-likeness (QED) is 0.698. The maximum absolute atomic E-state index is 11.8. The van der Waals surface area contributed by atoms with Crippen molar-refractivity contribution >= 4 is 11.8 Å². The summed E-state index contributed by atoms with van der Waals surface area (Å²) in [7, 11) is 0. The Morgan fingerprint density at radius 3 is 2.70 bits per heavy atom. The molecule has 1 aliphatic heterocycles. The van der Waals surface area contributed by atoms with Gasteiger partial charge in [0.2, 0.25) is 0 Å². The molecule has 3 fully saturated rings. The number of fused-ring (bicyclic) bond motifs is 5. The Labute approximate surface area is 137 Å². The molecule has 0 aromatic rings. The smallest absolute Gasteiger partial charge is 0.306 e. The molecule has 4 aliphatic rings. The first-order chi connectivity index (χ1) is 10.8. The Morgan fingerprint density at radius 1 is 1.13 bits per heavy atom. The molecule has 2 saturated carbocycles. The zero-order valence-corrected chi connectivity index (χ0v) is 14.0. The minimum absolute atomic E-state index is 0.0704. The fraction of sp³-hybridized carbons (Fsp3) is 0.789. The maximum atomic E-state index is 11.8. The lowest BCUT2D eigenvalue weighted by Crippen LogP contribution is -2.58. The van der Waals surface area contributed by atoms with Gasteiger partial charge in [0.1, 0.15) is 5.60 Å². The summed E-state index contributed by atoms with van der Waals surface area (Å²) >= 11 is 0. The number of esters is 1. The van der Waals surface area contributed by atoms with Gasteiger partial charge in [-0.1, -0.05) is 6.92 Å². The number of carbonyl (C=O) groups is 2. The summed E-state index contributed by atoms with van der Waals surface area (Å²) in [5, 5.41) is 10.7. The molecular weight excluding hydrogens is 292 g/mol. The largest absolute Gasteiger partial charge is 0.459 e. The van der Waals surface area contributed by atoms with Gasteiger partial charge in [-0.15, -0.1) is 0 Å². The van der Waals surface area contributed by atoms with Crippen LogP contribution in [0.3, 0.4) is 0 Å². The summed E-state index contributed by atoms with van der Waals surface area (Å²) in [6, 6.07) is 0. The number of ether oxygens (including phenoxy) is 1. The Kier molecular flexibility index (Phi) is 3.29. The number of allylic oxidation sites excluding steroid dienone is 1. The summed E-state index contributed by atoms with van der Waals surface area (Å²) in [5.74, 6) is 1.28. The lowest BCUT2D eigenvalue weighted by molar-refractivity contribution is -0.197. The van der Waals surface area contributed by atoms with Crippen LogP contribution in [0.2, 0.25) is 0 Å². The monoisotopic (exact) mass is 318 g/mol. The summed E-state index contributed by atoms with van der Waals surface area (Å²) in [4.78, 5) is 23.6. The molecule has 0 aromatic heterocycles. The highest BCUT2D eigenvalue weighted by molar-refractivity contribution is 5.91. The van der Waals surface area contributed by atoms with Crippen molar-refractivity contribution in [3.63, 3.8) is 0 Å². The molecule has 3 aliphatic carbocycles. The first-order valence-electron chi connectivity index (χ1n) is 8.98. The molecule has 0 radical (unpaired) electrons. The van der Waals surface area contributed by atoms with Gasteiger partial charge in [0.25, 0.3) is 0 Å². The zero-order chi connectivity index (χ0) is 16.4. The van der Waals surface area contributed by atoms with Crippen molar-refractivity contribution in [3.8, 4) is 0 Å². The Hall–Kier alpha value is -1.16. The van der Waals surface area contributed by atoms with Gasteiger partial charge in [0.05, 0.1) is 6.10 Å².